The second-order valence-electron chi connectivity index (χ2n) is 6.40. The van der Waals surface area contributed by atoms with E-state index in [9.17, 15) is 10.1 Å². The summed E-state index contributed by atoms with van der Waals surface area (Å²) < 4.78 is 2.28. The van der Waals surface area contributed by atoms with Crippen LogP contribution in [0, 0.1) is 10.1 Å². The molecule has 10 heteroatoms. The van der Waals surface area contributed by atoms with Crippen LogP contribution in [0.5, 0.6) is 0 Å². The predicted molar refractivity (Wildman–Crippen MR) is 97.2 cm³/mol. The molecule has 0 bridgehead atoms. The van der Waals surface area contributed by atoms with E-state index in [0.717, 1.165) is 69.3 Å². The number of hydrogen-bond acceptors (Lipinski definition) is 7. The summed E-state index contributed by atoms with van der Waals surface area (Å²) in [6, 6.07) is 1.69. The van der Waals surface area contributed by atoms with Gasteiger partial charge in [-0.15, -0.1) is 22.6 Å². The molecule has 2 aliphatic rings. The maximum Gasteiger partial charge on any atom is 0.324 e. The van der Waals surface area contributed by atoms with Gasteiger partial charge in [0, 0.05) is 37.0 Å². The van der Waals surface area contributed by atoms with E-state index in [-0.39, 0.29) is 22.3 Å². The minimum Gasteiger partial charge on any atom is -0.312 e. The Morgan fingerprint density at radius 2 is 2.12 bits per heavy atom. The molecule has 0 amide bonds. The molecule has 1 saturated heterocycles. The van der Waals surface area contributed by atoms with Gasteiger partial charge in [0.25, 0.3) is 0 Å². The van der Waals surface area contributed by atoms with Crippen molar-refractivity contribution in [2.75, 3.05) is 19.6 Å². The number of aromatic nitrogens is 3. The van der Waals surface area contributed by atoms with Crippen molar-refractivity contribution in [3.05, 3.63) is 38.8 Å². The number of likely N-dealkylation sites (tertiary alicyclic amines) is 1. The number of piperidine rings is 1. The molecule has 4 rings (SSSR count). The zero-order chi connectivity index (χ0) is 16.5. The van der Waals surface area contributed by atoms with Gasteiger partial charge in [-0.3, -0.25) is 15.0 Å². The Kier molecular flexibility index (Phi) is 5.67. The lowest BCUT2D eigenvalue weighted by atomic mass is 9.95. The van der Waals surface area contributed by atoms with Crippen molar-refractivity contribution in [3.63, 3.8) is 0 Å². The first kappa shape index (κ1) is 18.2. The number of nitrogens with one attached hydrogen (secondary N) is 1. The lowest BCUT2D eigenvalue weighted by Gasteiger charge is -2.31. The second-order valence-corrected chi connectivity index (χ2v) is 7.29. The number of halogens is 1. The molecule has 0 atom stereocenters. The van der Waals surface area contributed by atoms with Crippen molar-refractivity contribution in [1.82, 2.24) is 25.0 Å². The van der Waals surface area contributed by atoms with Gasteiger partial charge >= 0.3 is 5.00 Å². The molecule has 136 valence electrons. The van der Waals surface area contributed by atoms with Gasteiger partial charge in [0.2, 0.25) is 0 Å². The highest BCUT2D eigenvalue weighted by atomic mass is 35.5. The summed E-state index contributed by atoms with van der Waals surface area (Å²) in [5, 5.41) is 25.0. The highest BCUT2D eigenvalue weighted by Crippen LogP contribution is 2.30. The highest BCUT2D eigenvalue weighted by molar-refractivity contribution is 7.13. The lowest BCUT2D eigenvalue weighted by Crippen LogP contribution is -2.34. The first-order valence-electron chi connectivity index (χ1n) is 8.27. The quantitative estimate of drug-likeness (QED) is 0.641. The first-order chi connectivity index (χ1) is 11.7. The zero-order valence-corrected chi connectivity index (χ0v) is 15.4. The van der Waals surface area contributed by atoms with Crippen LogP contribution in [0.3, 0.4) is 0 Å². The average molecular weight is 385 g/mol. The molecule has 2 aromatic rings. The summed E-state index contributed by atoms with van der Waals surface area (Å²) in [6.07, 6.45) is 2.13. The Balaban J connectivity index is 0.00000182. The molecule has 8 nitrogen and oxygen atoms in total. The van der Waals surface area contributed by atoms with Gasteiger partial charge in [-0.25, -0.2) is 0 Å². The van der Waals surface area contributed by atoms with Gasteiger partial charge in [0.1, 0.15) is 11.6 Å². The fourth-order valence-electron chi connectivity index (χ4n) is 3.57. The van der Waals surface area contributed by atoms with Gasteiger partial charge in [-0.1, -0.05) is 11.3 Å². The van der Waals surface area contributed by atoms with E-state index in [1.54, 1.807) is 6.07 Å². The van der Waals surface area contributed by atoms with Crippen LogP contribution in [0.2, 0.25) is 0 Å². The number of fused-ring (bicyclic) bond motifs is 1. The van der Waals surface area contributed by atoms with Gasteiger partial charge in [-0.2, -0.15) is 0 Å². The number of nitro groups is 1. The summed E-state index contributed by atoms with van der Waals surface area (Å²) in [6.45, 7) is 5.52. The molecule has 0 aromatic carbocycles. The number of thiophene rings is 1. The fourth-order valence-corrected chi connectivity index (χ4v) is 4.29. The molecule has 0 spiro atoms. The first-order valence-corrected chi connectivity index (χ1v) is 9.15. The van der Waals surface area contributed by atoms with Crippen LogP contribution in [-0.4, -0.2) is 44.2 Å². The molecular formula is C15H21ClN6O2S. The Morgan fingerprint density at radius 3 is 2.84 bits per heavy atom. The number of nitrogens with zero attached hydrogens (tertiary/aromatic N) is 5. The zero-order valence-electron chi connectivity index (χ0n) is 13.8. The van der Waals surface area contributed by atoms with Gasteiger partial charge in [-0.05, 0) is 31.5 Å². The minimum absolute atomic E-state index is 0. The molecule has 2 aromatic heterocycles. The van der Waals surface area contributed by atoms with Crippen molar-refractivity contribution in [3.8, 4) is 0 Å². The van der Waals surface area contributed by atoms with Crippen LogP contribution in [0.1, 0.15) is 36.0 Å². The minimum atomic E-state index is -0.316. The predicted octanol–water partition coefficient (Wildman–Crippen LogP) is 2.15. The smallest absolute Gasteiger partial charge is 0.312 e. The van der Waals surface area contributed by atoms with E-state index >= 15 is 0 Å². The molecule has 2 aliphatic heterocycles. The van der Waals surface area contributed by atoms with Crippen LogP contribution >= 0.6 is 23.7 Å². The second kappa shape index (κ2) is 7.77. The van der Waals surface area contributed by atoms with Gasteiger partial charge in [0.15, 0.2) is 0 Å². The molecule has 0 radical (unpaired) electrons. The number of hydrogen-bond donors (Lipinski definition) is 1. The SMILES string of the molecule is Cl.O=[N+]([O-])c1cc(CN2CCC(c3nnc4n3CCNC4)CC2)cs1. The standard InChI is InChI=1S/C15H20N6O2S.ClH/c22-21(23)14-7-11(10-24-14)9-19-4-1-12(2-5-19)15-18-17-13-8-16-3-6-20(13)15;/h7,10,12,16H,1-6,8-9H2;1H. The molecule has 1 fully saturated rings. The Morgan fingerprint density at radius 1 is 1.32 bits per heavy atom. The lowest BCUT2D eigenvalue weighted by molar-refractivity contribution is -0.380. The van der Waals surface area contributed by atoms with Crippen LogP contribution in [-0.2, 0) is 19.6 Å². The van der Waals surface area contributed by atoms with Crippen LogP contribution in [0.25, 0.3) is 0 Å². The van der Waals surface area contributed by atoms with E-state index in [0.29, 0.717) is 5.92 Å². The Bertz CT molecular complexity index is 740. The van der Waals surface area contributed by atoms with Crippen molar-refractivity contribution >= 4 is 28.7 Å². The third kappa shape index (κ3) is 3.84. The fraction of sp³-hybridized carbons (Fsp3) is 0.600. The topological polar surface area (TPSA) is 89.1 Å². The highest BCUT2D eigenvalue weighted by Gasteiger charge is 2.27. The number of rotatable bonds is 4. The third-order valence-corrected chi connectivity index (χ3v) is 5.76. The summed E-state index contributed by atoms with van der Waals surface area (Å²) >= 11 is 1.21. The van der Waals surface area contributed by atoms with Crippen molar-refractivity contribution in [1.29, 1.82) is 0 Å². The third-order valence-electron chi connectivity index (χ3n) is 4.83. The van der Waals surface area contributed by atoms with E-state index in [1.165, 1.54) is 11.3 Å². The summed E-state index contributed by atoms with van der Waals surface area (Å²) in [5.74, 6) is 2.65. The largest absolute Gasteiger partial charge is 0.324 e. The average Bonchev–Trinajstić information content (AvgIpc) is 3.23. The van der Waals surface area contributed by atoms with E-state index < -0.39 is 0 Å². The molecule has 0 saturated carbocycles. The molecule has 4 heterocycles. The van der Waals surface area contributed by atoms with Crippen LogP contribution in [0.15, 0.2) is 11.4 Å². The van der Waals surface area contributed by atoms with E-state index in [4.69, 9.17) is 0 Å². The summed E-state index contributed by atoms with van der Waals surface area (Å²) in [7, 11) is 0. The Labute approximate surface area is 155 Å². The maximum absolute atomic E-state index is 10.8. The van der Waals surface area contributed by atoms with Crippen molar-refractivity contribution < 1.29 is 4.92 Å². The van der Waals surface area contributed by atoms with Crippen LogP contribution < -0.4 is 5.32 Å². The van der Waals surface area contributed by atoms with E-state index in [1.807, 2.05) is 5.38 Å². The summed E-state index contributed by atoms with van der Waals surface area (Å²) in [5.41, 5.74) is 1.04. The Hall–Kier alpha value is -1.55. The molecular weight excluding hydrogens is 364 g/mol. The van der Waals surface area contributed by atoms with Crippen LogP contribution in [0.4, 0.5) is 5.00 Å². The van der Waals surface area contributed by atoms with Gasteiger partial charge < -0.3 is 9.88 Å². The van der Waals surface area contributed by atoms with Gasteiger partial charge in [0.05, 0.1) is 11.5 Å². The molecule has 1 N–H and O–H groups in total. The monoisotopic (exact) mass is 384 g/mol. The molecule has 0 unspecified atom stereocenters. The molecule has 25 heavy (non-hydrogen) atoms. The van der Waals surface area contributed by atoms with Crippen molar-refractivity contribution in [2.24, 2.45) is 0 Å². The van der Waals surface area contributed by atoms with Crippen molar-refractivity contribution in [2.45, 2.75) is 38.4 Å². The summed E-state index contributed by atoms with van der Waals surface area (Å²) in [4.78, 5) is 12.8. The normalized spacial score (nSPS) is 18.6. The van der Waals surface area contributed by atoms with E-state index in [2.05, 4.69) is 25.0 Å². The maximum atomic E-state index is 10.8. The molecule has 0 aliphatic carbocycles.